The van der Waals surface area contributed by atoms with Gasteiger partial charge in [-0.2, -0.15) is 0 Å². The molecule has 0 aliphatic heterocycles. The van der Waals surface area contributed by atoms with Crippen molar-refractivity contribution >= 4 is 11.8 Å². The van der Waals surface area contributed by atoms with E-state index >= 15 is 0 Å². The fraction of sp³-hybridized carbons (Fsp3) is 0.579. The van der Waals surface area contributed by atoms with E-state index in [1.165, 1.54) is 16.0 Å². The Balaban J connectivity index is 2.57. The number of carbonyl (C=O) groups is 2. The van der Waals surface area contributed by atoms with Crippen molar-refractivity contribution < 1.29 is 14.9 Å². The number of quaternary nitrogens is 1. The molecule has 1 aromatic rings. The molecule has 1 atom stereocenters. The van der Waals surface area contributed by atoms with Crippen LogP contribution in [0.5, 0.6) is 0 Å². The lowest BCUT2D eigenvalue weighted by atomic mass is 9.94. The van der Waals surface area contributed by atoms with Crippen LogP contribution in [0.25, 0.3) is 0 Å². The molecule has 24 heavy (non-hydrogen) atoms. The van der Waals surface area contributed by atoms with Gasteiger partial charge in [0.15, 0.2) is 6.54 Å². The first-order valence-electron chi connectivity index (χ1n) is 8.74. The first-order chi connectivity index (χ1) is 11.3. The van der Waals surface area contributed by atoms with Gasteiger partial charge in [0.2, 0.25) is 5.91 Å². The molecule has 0 spiro atoms. The van der Waals surface area contributed by atoms with Crippen LogP contribution < -0.4 is 10.6 Å². The minimum Gasteiger partial charge on any atom is -0.347 e. The standard InChI is InChI=1S/C19H31N3O2/c1-6-7-15-8-10-16(11-9-15)19(14(2)3)21-12-17(23)20-13-18(24)22(4)5/h8-11,14,19,21H,6-7,12-13H2,1-5H3,(H,20,23)/p+1/t19-/m0/s1. The monoisotopic (exact) mass is 334 g/mol. The third-order valence-corrected chi connectivity index (χ3v) is 4.11. The quantitative estimate of drug-likeness (QED) is 0.710. The summed E-state index contributed by atoms with van der Waals surface area (Å²) in [5.74, 6) is 0.201. The van der Waals surface area contributed by atoms with Crippen molar-refractivity contribution in [2.45, 2.75) is 39.7 Å². The number of likely N-dealkylation sites (N-methyl/N-ethyl adjacent to an activating group) is 1. The van der Waals surface area contributed by atoms with Gasteiger partial charge >= 0.3 is 0 Å². The second-order valence-electron chi connectivity index (χ2n) is 6.77. The topological polar surface area (TPSA) is 66.0 Å². The number of hydrogen-bond donors (Lipinski definition) is 2. The van der Waals surface area contributed by atoms with E-state index in [4.69, 9.17) is 0 Å². The summed E-state index contributed by atoms with van der Waals surface area (Å²) in [5.41, 5.74) is 2.59. The van der Waals surface area contributed by atoms with Crippen LogP contribution in [0.3, 0.4) is 0 Å². The molecule has 0 saturated carbocycles. The molecule has 5 heteroatoms. The molecular formula is C19H32N3O2+. The number of benzene rings is 1. The Bertz CT molecular complexity index is 524. The Morgan fingerprint density at radius 1 is 1.17 bits per heavy atom. The van der Waals surface area contributed by atoms with Crippen molar-refractivity contribution in [2.75, 3.05) is 27.2 Å². The van der Waals surface area contributed by atoms with Gasteiger partial charge in [0, 0.05) is 25.6 Å². The lowest BCUT2D eigenvalue weighted by Crippen LogP contribution is -2.88. The van der Waals surface area contributed by atoms with Crippen LogP contribution in [0, 0.1) is 5.92 Å². The minimum atomic E-state index is -0.113. The van der Waals surface area contributed by atoms with E-state index in [0.717, 1.165) is 12.8 Å². The molecule has 0 radical (unpaired) electrons. The minimum absolute atomic E-state index is 0.0533. The van der Waals surface area contributed by atoms with Crippen LogP contribution in [0.4, 0.5) is 0 Å². The molecule has 0 aliphatic rings. The summed E-state index contributed by atoms with van der Waals surface area (Å²) in [6.07, 6.45) is 2.24. The molecular weight excluding hydrogens is 302 g/mol. The van der Waals surface area contributed by atoms with Crippen LogP contribution >= 0.6 is 0 Å². The van der Waals surface area contributed by atoms with Gasteiger partial charge in [0.25, 0.3) is 5.91 Å². The summed E-state index contributed by atoms with van der Waals surface area (Å²) in [6.45, 7) is 6.87. The molecule has 0 bridgehead atoms. The molecule has 0 aliphatic carbocycles. The lowest BCUT2D eigenvalue weighted by Gasteiger charge is -2.20. The molecule has 0 saturated heterocycles. The number of nitrogens with zero attached hydrogens (tertiary/aromatic N) is 1. The fourth-order valence-electron chi connectivity index (χ4n) is 2.63. The van der Waals surface area contributed by atoms with Gasteiger partial charge in [-0.05, 0) is 12.0 Å². The van der Waals surface area contributed by atoms with Gasteiger partial charge in [-0.25, -0.2) is 0 Å². The second-order valence-corrected chi connectivity index (χ2v) is 6.77. The van der Waals surface area contributed by atoms with E-state index in [2.05, 4.69) is 55.7 Å². The summed E-state index contributed by atoms with van der Waals surface area (Å²) in [4.78, 5) is 24.9. The predicted octanol–water partition coefficient (Wildman–Crippen LogP) is 1.10. The largest absolute Gasteiger partial charge is 0.347 e. The van der Waals surface area contributed by atoms with Crippen molar-refractivity contribution in [3.8, 4) is 0 Å². The first-order valence-corrected chi connectivity index (χ1v) is 8.74. The molecule has 0 fully saturated rings. The van der Waals surface area contributed by atoms with Crippen LogP contribution in [0.2, 0.25) is 0 Å². The zero-order valence-corrected chi connectivity index (χ0v) is 15.6. The molecule has 2 amide bonds. The smallest absolute Gasteiger partial charge is 0.275 e. The van der Waals surface area contributed by atoms with Crippen molar-refractivity contribution in [1.82, 2.24) is 10.2 Å². The number of nitrogens with one attached hydrogen (secondary N) is 1. The van der Waals surface area contributed by atoms with Crippen LogP contribution in [-0.2, 0) is 16.0 Å². The molecule has 0 aromatic heterocycles. The van der Waals surface area contributed by atoms with Crippen molar-refractivity contribution in [3.63, 3.8) is 0 Å². The molecule has 1 rings (SSSR count). The van der Waals surface area contributed by atoms with Gasteiger partial charge in [0.1, 0.15) is 6.04 Å². The van der Waals surface area contributed by atoms with Gasteiger partial charge in [-0.15, -0.1) is 0 Å². The first kappa shape index (κ1) is 20.2. The highest BCUT2D eigenvalue weighted by atomic mass is 16.2. The Kier molecular flexibility index (Phi) is 8.47. The van der Waals surface area contributed by atoms with Crippen molar-refractivity contribution in [1.29, 1.82) is 0 Å². The number of nitrogens with two attached hydrogens (primary N) is 1. The molecule has 1 aromatic carbocycles. The lowest BCUT2D eigenvalue weighted by molar-refractivity contribution is -0.692. The number of rotatable bonds is 9. The van der Waals surface area contributed by atoms with Crippen LogP contribution in [-0.4, -0.2) is 43.9 Å². The average Bonchev–Trinajstić information content (AvgIpc) is 2.54. The summed E-state index contributed by atoms with van der Waals surface area (Å²) >= 11 is 0. The molecule has 0 unspecified atom stereocenters. The maximum absolute atomic E-state index is 12.0. The third-order valence-electron chi connectivity index (χ3n) is 4.11. The summed E-state index contributed by atoms with van der Waals surface area (Å²) in [6, 6.07) is 8.92. The van der Waals surface area contributed by atoms with E-state index < -0.39 is 0 Å². The fourth-order valence-corrected chi connectivity index (χ4v) is 2.63. The van der Waals surface area contributed by atoms with Crippen LogP contribution in [0.1, 0.15) is 44.4 Å². The average molecular weight is 334 g/mol. The van der Waals surface area contributed by atoms with Crippen molar-refractivity contribution in [3.05, 3.63) is 35.4 Å². The zero-order chi connectivity index (χ0) is 18.1. The number of carbonyl (C=O) groups excluding carboxylic acids is 2. The van der Waals surface area contributed by atoms with Crippen LogP contribution in [0.15, 0.2) is 24.3 Å². The maximum Gasteiger partial charge on any atom is 0.275 e. The second kappa shape index (κ2) is 10.1. The summed E-state index contributed by atoms with van der Waals surface area (Å²) < 4.78 is 0. The van der Waals surface area contributed by atoms with Gasteiger partial charge in [-0.3, -0.25) is 9.59 Å². The SMILES string of the molecule is CCCc1ccc([C@@H]([NH2+]CC(=O)NCC(=O)N(C)C)C(C)C)cc1. The highest BCUT2D eigenvalue weighted by Crippen LogP contribution is 2.18. The highest BCUT2D eigenvalue weighted by molar-refractivity contribution is 5.84. The third kappa shape index (κ3) is 6.71. The Morgan fingerprint density at radius 3 is 2.29 bits per heavy atom. The molecule has 5 nitrogen and oxygen atoms in total. The van der Waals surface area contributed by atoms with Gasteiger partial charge < -0.3 is 15.5 Å². The highest BCUT2D eigenvalue weighted by Gasteiger charge is 2.20. The van der Waals surface area contributed by atoms with E-state index in [1.807, 2.05) is 0 Å². The summed E-state index contributed by atoms with van der Waals surface area (Å²) in [5, 5.41) is 4.72. The Morgan fingerprint density at radius 2 is 1.79 bits per heavy atom. The molecule has 0 heterocycles. The van der Waals surface area contributed by atoms with E-state index in [9.17, 15) is 9.59 Å². The van der Waals surface area contributed by atoms with Gasteiger partial charge in [-0.1, -0.05) is 51.5 Å². The van der Waals surface area contributed by atoms with E-state index in [1.54, 1.807) is 14.1 Å². The van der Waals surface area contributed by atoms with E-state index in [-0.39, 0.29) is 24.4 Å². The van der Waals surface area contributed by atoms with Gasteiger partial charge in [0.05, 0.1) is 6.54 Å². The summed E-state index contributed by atoms with van der Waals surface area (Å²) in [7, 11) is 3.36. The van der Waals surface area contributed by atoms with Crippen molar-refractivity contribution in [2.24, 2.45) is 5.92 Å². The Hall–Kier alpha value is -1.88. The zero-order valence-electron chi connectivity index (χ0n) is 15.6. The number of aryl methyl sites for hydroxylation is 1. The molecule has 134 valence electrons. The normalized spacial score (nSPS) is 12.1. The maximum atomic E-state index is 12.0. The Labute approximate surface area is 145 Å². The number of hydrogen-bond acceptors (Lipinski definition) is 2. The molecule has 3 N–H and O–H groups in total. The predicted molar refractivity (Wildman–Crippen MR) is 96.5 cm³/mol. The van der Waals surface area contributed by atoms with E-state index in [0.29, 0.717) is 12.5 Å². The number of amides is 2.